The van der Waals surface area contributed by atoms with Crippen LogP contribution < -0.4 is 5.32 Å². The molecule has 0 aliphatic heterocycles. The van der Waals surface area contributed by atoms with Gasteiger partial charge in [-0.25, -0.2) is 0 Å². The van der Waals surface area contributed by atoms with Crippen molar-refractivity contribution in [1.82, 2.24) is 10.3 Å². The van der Waals surface area contributed by atoms with Crippen molar-refractivity contribution >= 4 is 17.3 Å². The molecule has 2 aromatic carbocycles. The van der Waals surface area contributed by atoms with E-state index in [1.165, 1.54) is 27.7 Å². The maximum absolute atomic E-state index is 11.0. The summed E-state index contributed by atoms with van der Waals surface area (Å²) in [6.07, 6.45) is 4.07. The Kier molecular flexibility index (Phi) is 3.41. The smallest absolute Gasteiger partial charge is 0.207 e. The van der Waals surface area contributed by atoms with Crippen molar-refractivity contribution in [3.8, 4) is 0 Å². The van der Waals surface area contributed by atoms with Crippen molar-refractivity contribution in [2.24, 2.45) is 0 Å². The fourth-order valence-corrected chi connectivity index (χ4v) is 4.10. The maximum Gasteiger partial charge on any atom is 0.207 e. The second kappa shape index (κ2) is 5.58. The highest BCUT2D eigenvalue weighted by Gasteiger charge is 2.40. The standard InChI is InChI=1S/C20H20N2O/c23-14-21-13-20(15-7-2-1-3-8-15)12-6-10-17-16-9-4-5-11-18(16)22-19(17)20/h1-5,7-9,11,14,22H,6,10,12-13H2,(H,21,23). The molecule has 3 heteroatoms. The monoisotopic (exact) mass is 304 g/mol. The van der Waals surface area contributed by atoms with Gasteiger partial charge in [0.2, 0.25) is 6.41 Å². The van der Waals surface area contributed by atoms with E-state index >= 15 is 0 Å². The zero-order valence-electron chi connectivity index (χ0n) is 13.0. The molecule has 3 nitrogen and oxygen atoms in total. The van der Waals surface area contributed by atoms with E-state index in [0.717, 1.165) is 25.7 Å². The Balaban J connectivity index is 1.96. The van der Waals surface area contributed by atoms with Crippen LogP contribution in [-0.2, 0) is 16.6 Å². The summed E-state index contributed by atoms with van der Waals surface area (Å²) in [6, 6.07) is 19.0. The van der Waals surface area contributed by atoms with Crippen molar-refractivity contribution in [3.63, 3.8) is 0 Å². The first-order valence-corrected chi connectivity index (χ1v) is 8.18. The summed E-state index contributed by atoms with van der Waals surface area (Å²) < 4.78 is 0. The largest absolute Gasteiger partial charge is 0.357 e. The van der Waals surface area contributed by atoms with Crippen molar-refractivity contribution in [2.75, 3.05) is 6.54 Å². The van der Waals surface area contributed by atoms with E-state index in [4.69, 9.17) is 0 Å². The van der Waals surface area contributed by atoms with Crippen LogP contribution in [0.1, 0.15) is 29.7 Å². The molecule has 0 radical (unpaired) electrons. The van der Waals surface area contributed by atoms with Crippen molar-refractivity contribution in [2.45, 2.75) is 24.7 Å². The van der Waals surface area contributed by atoms with Crippen molar-refractivity contribution in [1.29, 1.82) is 0 Å². The Morgan fingerprint density at radius 1 is 1.09 bits per heavy atom. The van der Waals surface area contributed by atoms with Gasteiger partial charge < -0.3 is 10.3 Å². The molecule has 116 valence electrons. The molecule has 23 heavy (non-hydrogen) atoms. The second-order valence-electron chi connectivity index (χ2n) is 6.32. The summed E-state index contributed by atoms with van der Waals surface area (Å²) in [5.74, 6) is 0. The zero-order valence-corrected chi connectivity index (χ0v) is 13.0. The molecule has 0 bridgehead atoms. The van der Waals surface area contributed by atoms with Crippen LogP contribution in [0.15, 0.2) is 54.6 Å². The molecule has 3 aromatic rings. The fraction of sp³-hybridized carbons (Fsp3) is 0.250. The Morgan fingerprint density at radius 2 is 1.87 bits per heavy atom. The Hall–Kier alpha value is -2.55. The van der Waals surface area contributed by atoms with Gasteiger partial charge in [-0.1, -0.05) is 48.5 Å². The number of carbonyl (C=O) groups excluding carboxylic acids is 1. The first-order valence-electron chi connectivity index (χ1n) is 8.18. The molecule has 0 saturated heterocycles. The van der Waals surface area contributed by atoms with Crippen LogP contribution in [0, 0.1) is 0 Å². The van der Waals surface area contributed by atoms with E-state index in [1.54, 1.807) is 0 Å². The molecular formula is C20H20N2O. The van der Waals surface area contributed by atoms with E-state index in [2.05, 4.69) is 58.8 Å². The third-order valence-electron chi connectivity index (χ3n) is 5.14. The van der Waals surface area contributed by atoms with E-state index in [-0.39, 0.29) is 5.41 Å². The van der Waals surface area contributed by atoms with Gasteiger partial charge in [-0.15, -0.1) is 0 Å². The number of carbonyl (C=O) groups is 1. The summed E-state index contributed by atoms with van der Waals surface area (Å²) in [6.45, 7) is 0.625. The number of amides is 1. The van der Waals surface area contributed by atoms with Crippen LogP contribution in [-0.4, -0.2) is 17.9 Å². The first kappa shape index (κ1) is 14.1. The number of hydrogen-bond acceptors (Lipinski definition) is 1. The molecule has 1 atom stereocenters. The van der Waals surface area contributed by atoms with Crippen LogP contribution in [0.3, 0.4) is 0 Å². The quantitative estimate of drug-likeness (QED) is 0.712. The van der Waals surface area contributed by atoms with Gasteiger partial charge in [0.1, 0.15) is 0 Å². The summed E-state index contributed by atoms with van der Waals surface area (Å²) in [7, 11) is 0. The highest BCUT2D eigenvalue weighted by molar-refractivity contribution is 5.85. The van der Waals surface area contributed by atoms with Crippen LogP contribution in [0.5, 0.6) is 0 Å². The number of nitrogens with one attached hydrogen (secondary N) is 2. The van der Waals surface area contributed by atoms with Crippen LogP contribution in [0.25, 0.3) is 10.9 Å². The van der Waals surface area contributed by atoms with E-state index < -0.39 is 0 Å². The number of para-hydroxylation sites is 1. The molecule has 1 aliphatic carbocycles. The van der Waals surface area contributed by atoms with Crippen LogP contribution >= 0.6 is 0 Å². The third-order valence-corrected chi connectivity index (χ3v) is 5.14. The average Bonchev–Trinajstić information content (AvgIpc) is 3.00. The molecule has 0 saturated carbocycles. The minimum Gasteiger partial charge on any atom is -0.357 e. The molecule has 1 amide bonds. The van der Waals surface area contributed by atoms with E-state index in [1.807, 2.05) is 6.07 Å². The zero-order chi connectivity index (χ0) is 15.7. The molecule has 2 N–H and O–H groups in total. The molecule has 0 spiro atoms. The summed E-state index contributed by atoms with van der Waals surface area (Å²) in [4.78, 5) is 14.6. The molecular weight excluding hydrogens is 284 g/mol. The number of aryl methyl sites for hydroxylation is 1. The number of hydrogen-bond donors (Lipinski definition) is 2. The highest BCUT2D eigenvalue weighted by atomic mass is 16.1. The maximum atomic E-state index is 11.0. The normalized spacial score (nSPS) is 20.2. The van der Waals surface area contributed by atoms with Crippen LogP contribution in [0.4, 0.5) is 0 Å². The predicted molar refractivity (Wildman–Crippen MR) is 92.5 cm³/mol. The minimum atomic E-state index is -0.172. The molecule has 0 fully saturated rings. The lowest BCUT2D eigenvalue weighted by atomic mass is 9.68. The third kappa shape index (κ3) is 2.15. The van der Waals surface area contributed by atoms with Gasteiger partial charge in [0.05, 0.1) is 5.41 Å². The average molecular weight is 304 g/mol. The fourth-order valence-electron chi connectivity index (χ4n) is 4.10. The minimum absolute atomic E-state index is 0.172. The highest BCUT2D eigenvalue weighted by Crippen LogP contribution is 2.44. The van der Waals surface area contributed by atoms with Crippen LogP contribution in [0.2, 0.25) is 0 Å². The van der Waals surface area contributed by atoms with Gasteiger partial charge in [0.15, 0.2) is 0 Å². The molecule has 1 unspecified atom stereocenters. The van der Waals surface area contributed by atoms with Gasteiger partial charge >= 0.3 is 0 Å². The SMILES string of the molecule is O=CNCC1(c2ccccc2)CCCc2c1[nH]c1ccccc21. The first-order chi connectivity index (χ1) is 11.3. The molecule has 1 heterocycles. The van der Waals surface area contributed by atoms with Gasteiger partial charge in [-0.3, -0.25) is 4.79 Å². The Labute approximate surface area is 135 Å². The van der Waals surface area contributed by atoms with E-state index in [9.17, 15) is 4.79 Å². The Morgan fingerprint density at radius 3 is 2.70 bits per heavy atom. The van der Waals surface area contributed by atoms with Crippen molar-refractivity contribution < 1.29 is 4.79 Å². The van der Waals surface area contributed by atoms with Gasteiger partial charge in [0, 0.05) is 23.1 Å². The molecule has 1 aromatic heterocycles. The summed E-state index contributed by atoms with van der Waals surface area (Å²) in [5.41, 5.74) is 4.95. The lowest BCUT2D eigenvalue weighted by molar-refractivity contribution is -0.109. The summed E-state index contributed by atoms with van der Waals surface area (Å²) >= 11 is 0. The van der Waals surface area contributed by atoms with Gasteiger partial charge in [0.25, 0.3) is 0 Å². The number of H-pyrrole nitrogens is 1. The lowest BCUT2D eigenvalue weighted by Crippen LogP contribution is -2.41. The Bertz CT molecular complexity index is 837. The molecule has 4 rings (SSSR count). The van der Waals surface area contributed by atoms with Gasteiger partial charge in [-0.05, 0) is 36.5 Å². The number of rotatable bonds is 4. The number of fused-ring (bicyclic) bond motifs is 3. The second-order valence-corrected chi connectivity index (χ2v) is 6.32. The number of aromatic amines is 1. The predicted octanol–water partition coefficient (Wildman–Crippen LogP) is 3.54. The van der Waals surface area contributed by atoms with Crippen molar-refractivity contribution in [3.05, 3.63) is 71.4 Å². The topological polar surface area (TPSA) is 44.9 Å². The summed E-state index contributed by atoms with van der Waals surface area (Å²) in [5, 5.41) is 4.26. The molecule has 1 aliphatic rings. The number of benzene rings is 2. The lowest BCUT2D eigenvalue weighted by Gasteiger charge is -2.38. The number of aromatic nitrogens is 1. The van der Waals surface area contributed by atoms with E-state index in [0.29, 0.717) is 6.54 Å². The van der Waals surface area contributed by atoms with Gasteiger partial charge in [-0.2, -0.15) is 0 Å².